The number of methoxy groups -OCH3 is 1. The molecule has 2 aromatic rings. The van der Waals surface area contributed by atoms with Crippen LogP contribution in [0.3, 0.4) is 0 Å². The monoisotopic (exact) mass is 419 g/mol. The second-order valence-electron chi connectivity index (χ2n) is 5.73. The van der Waals surface area contributed by atoms with Gasteiger partial charge in [0.05, 0.1) is 12.7 Å². The summed E-state index contributed by atoms with van der Waals surface area (Å²) in [6.07, 6.45) is 2.33. The summed E-state index contributed by atoms with van der Waals surface area (Å²) in [6.45, 7) is 1.97. The van der Waals surface area contributed by atoms with Crippen LogP contribution in [-0.4, -0.2) is 36.1 Å². The lowest BCUT2D eigenvalue weighted by Crippen LogP contribution is -2.26. The number of carbonyl (C=O) groups is 1. The number of thiocarbonyl (C=S) groups is 1. The molecule has 6 heteroatoms. The molecule has 130 valence electrons. The molecule has 4 nitrogen and oxygen atoms in total. The van der Waals surface area contributed by atoms with Crippen LogP contribution in [0.4, 0.5) is 0 Å². The lowest BCUT2D eigenvalue weighted by Gasteiger charge is -2.19. The number of benzene rings is 2. The average molecular weight is 420 g/mol. The van der Waals surface area contributed by atoms with E-state index >= 15 is 0 Å². The summed E-state index contributed by atoms with van der Waals surface area (Å²) in [4.78, 5) is 15.4. The van der Waals surface area contributed by atoms with E-state index in [9.17, 15) is 4.79 Å². The highest BCUT2D eigenvalue weighted by Gasteiger charge is 2.19. The number of ether oxygens (including phenoxy) is 2. The Morgan fingerprint density at radius 2 is 1.84 bits per heavy atom. The number of esters is 1. The summed E-state index contributed by atoms with van der Waals surface area (Å²) in [5.41, 5.74) is 1.36. The minimum Gasteiger partial charge on any atom is -0.493 e. The highest BCUT2D eigenvalue weighted by atomic mass is 79.9. The van der Waals surface area contributed by atoms with E-state index in [0.717, 1.165) is 23.6 Å². The van der Waals surface area contributed by atoms with Crippen LogP contribution in [0.25, 0.3) is 0 Å². The number of carbonyl (C=O) groups excluding carboxylic acids is 1. The minimum atomic E-state index is -0.444. The van der Waals surface area contributed by atoms with Gasteiger partial charge in [0.1, 0.15) is 4.99 Å². The van der Waals surface area contributed by atoms with Gasteiger partial charge in [-0.2, -0.15) is 0 Å². The van der Waals surface area contributed by atoms with Gasteiger partial charge in [0.25, 0.3) is 0 Å². The van der Waals surface area contributed by atoms with Crippen LogP contribution in [0.1, 0.15) is 28.8 Å². The number of likely N-dealkylation sites (tertiary alicyclic amines) is 1. The van der Waals surface area contributed by atoms with Crippen molar-refractivity contribution in [2.75, 3.05) is 20.2 Å². The molecule has 1 aliphatic heterocycles. The fraction of sp³-hybridized carbons (Fsp3) is 0.263. The molecule has 0 bridgehead atoms. The Morgan fingerprint density at radius 3 is 2.52 bits per heavy atom. The summed E-state index contributed by atoms with van der Waals surface area (Å²) < 4.78 is 11.6. The summed E-state index contributed by atoms with van der Waals surface area (Å²) in [5, 5.41) is 0. The van der Waals surface area contributed by atoms with Crippen LogP contribution in [0.15, 0.2) is 46.9 Å². The molecule has 0 amide bonds. The quantitative estimate of drug-likeness (QED) is 0.415. The third kappa shape index (κ3) is 4.02. The van der Waals surface area contributed by atoms with Crippen LogP contribution in [0.5, 0.6) is 11.5 Å². The Kier molecular flexibility index (Phi) is 5.71. The smallest absolute Gasteiger partial charge is 0.344 e. The van der Waals surface area contributed by atoms with Crippen molar-refractivity contribution in [1.29, 1.82) is 0 Å². The molecule has 0 saturated carbocycles. The molecule has 0 unspecified atom stereocenters. The van der Waals surface area contributed by atoms with Crippen molar-refractivity contribution in [3.63, 3.8) is 0 Å². The number of halogens is 1. The van der Waals surface area contributed by atoms with E-state index in [-0.39, 0.29) is 0 Å². The first-order chi connectivity index (χ1) is 12.1. The first-order valence-electron chi connectivity index (χ1n) is 8.04. The van der Waals surface area contributed by atoms with Crippen molar-refractivity contribution in [1.82, 2.24) is 4.90 Å². The Labute approximate surface area is 160 Å². The third-order valence-corrected chi connectivity index (χ3v) is 5.29. The van der Waals surface area contributed by atoms with Crippen molar-refractivity contribution < 1.29 is 14.3 Å². The average Bonchev–Trinajstić information content (AvgIpc) is 3.16. The zero-order valence-corrected chi connectivity index (χ0v) is 16.2. The molecule has 1 heterocycles. The van der Waals surface area contributed by atoms with Gasteiger partial charge in [-0.3, -0.25) is 0 Å². The van der Waals surface area contributed by atoms with Gasteiger partial charge in [0, 0.05) is 23.1 Å². The molecule has 1 fully saturated rings. The minimum absolute atomic E-state index is 0.372. The van der Waals surface area contributed by atoms with E-state index in [1.165, 1.54) is 12.8 Å². The molecule has 2 aromatic carbocycles. The molecule has 25 heavy (non-hydrogen) atoms. The van der Waals surface area contributed by atoms with Crippen molar-refractivity contribution in [3.8, 4) is 11.5 Å². The molecule has 0 radical (unpaired) electrons. The first-order valence-corrected chi connectivity index (χ1v) is 9.24. The fourth-order valence-electron chi connectivity index (χ4n) is 2.77. The maximum Gasteiger partial charge on any atom is 0.344 e. The van der Waals surface area contributed by atoms with Gasteiger partial charge in [-0.15, -0.1) is 0 Å². The molecule has 0 N–H and O–H groups in total. The number of rotatable bonds is 4. The van der Waals surface area contributed by atoms with Gasteiger partial charge in [0.2, 0.25) is 0 Å². The maximum absolute atomic E-state index is 12.4. The van der Waals surface area contributed by atoms with Crippen molar-refractivity contribution >= 4 is 39.1 Å². The van der Waals surface area contributed by atoms with E-state index < -0.39 is 5.97 Å². The number of hydrogen-bond acceptors (Lipinski definition) is 4. The highest BCUT2D eigenvalue weighted by Crippen LogP contribution is 2.30. The van der Waals surface area contributed by atoms with Crippen molar-refractivity contribution in [2.45, 2.75) is 12.8 Å². The zero-order chi connectivity index (χ0) is 17.8. The Morgan fingerprint density at radius 1 is 1.12 bits per heavy atom. The third-order valence-electron chi connectivity index (χ3n) is 4.10. The van der Waals surface area contributed by atoms with Gasteiger partial charge in [0.15, 0.2) is 11.5 Å². The van der Waals surface area contributed by atoms with E-state index in [1.54, 1.807) is 31.4 Å². The van der Waals surface area contributed by atoms with Crippen molar-refractivity contribution in [2.24, 2.45) is 0 Å². The molecule has 1 aliphatic rings. The van der Waals surface area contributed by atoms with E-state index in [0.29, 0.717) is 21.5 Å². The Bertz CT molecular complexity index is 803. The highest BCUT2D eigenvalue weighted by molar-refractivity contribution is 9.10. The summed E-state index contributed by atoms with van der Waals surface area (Å²) in [6, 6.07) is 12.5. The van der Waals surface area contributed by atoms with Crippen LogP contribution in [-0.2, 0) is 0 Å². The SMILES string of the molecule is COc1cc(C(=S)N2CCCC2)ccc1OC(=O)c1ccccc1Br. The topological polar surface area (TPSA) is 38.8 Å². The van der Waals surface area contributed by atoms with Crippen LogP contribution in [0.2, 0.25) is 0 Å². The predicted molar refractivity (Wildman–Crippen MR) is 105 cm³/mol. The summed E-state index contributed by atoms with van der Waals surface area (Å²) >= 11 is 8.93. The largest absolute Gasteiger partial charge is 0.493 e. The number of hydrogen-bond donors (Lipinski definition) is 0. The second kappa shape index (κ2) is 7.97. The molecule has 0 aliphatic carbocycles. The van der Waals surface area contributed by atoms with Crippen LogP contribution < -0.4 is 9.47 Å². The summed E-state index contributed by atoms with van der Waals surface area (Å²) in [7, 11) is 1.55. The molecular formula is C19H18BrNO3S. The molecular weight excluding hydrogens is 402 g/mol. The van der Waals surface area contributed by atoms with Gasteiger partial charge in [-0.25, -0.2) is 4.79 Å². The van der Waals surface area contributed by atoms with Crippen molar-refractivity contribution in [3.05, 3.63) is 58.1 Å². The molecule has 3 rings (SSSR count). The Hall–Kier alpha value is -1.92. The lowest BCUT2D eigenvalue weighted by molar-refractivity contribution is 0.0729. The van der Waals surface area contributed by atoms with E-state index in [4.69, 9.17) is 21.7 Å². The fourth-order valence-corrected chi connectivity index (χ4v) is 3.53. The number of nitrogens with zero attached hydrogens (tertiary/aromatic N) is 1. The zero-order valence-electron chi connectivity index (χ0n) is 13.8. The molecule has 0 spiro atoms. The molecule has 0 aromatic heterocycles. The molecule has 0 atom stereocenters. The van der Waals surface area contributed by atoms with Gasteiger partial charge in [-0.05, 0) is 59.1 Å². The second-order valence-corrected chi connectivity index (χ2v) is 6.98. The Balaban J connectivity index is 1.81. The van der Waals surface area contributed by atoms with E-state index in [2.05, 4.69) is 20.8 Å². The van der Waals surface area contributed by atoms with E-state index in [1.807, 2.05) is 18.2 Å². The normalized spacial score (nSPS) is 13.6. The van der Waals surface area contributed by atoms with Gasteiger partial charge < -0.3 is 14.4 Å². The molecule has 1 saturated heterocycles. The lowest BCUT2D eigenvalue weighted by atomic mass is 10.2. The van der Waals surface area contributed by atoms with Crippen LogP contribution in [0, 0.1) is 0 Å². The summed E-state index contributed by atoms with van der Waals surface area (Å²) in [5.74, 6) is 0.413. The first kappa shape index (κ1) is 17.9. The van der Waals surface area contributed by atoms with Gasteiger partial charge >= 0.3 is 5.97 Å². The maximum atomic E-state index is 12.4. The van der Waals surface area contributed by atoms with Gasteiger partial charge in [-0.1, -0.05) is 24.4 Å². The van der Waals surface area contributed by atoms with Crippen LogP contribution >= 0.6 is 28.1 Å². The standard InChI is InChI=1S/C19H18BrNO3S/c1-23-17-12-13(18(25)21-10-4-5-11-21)8-9-16(17)24-19(22)14-6-2-3-7-15(14)20/h2-3,6-9,12H,4-5,10-11H2,1H3. The predicted octanol–water partition coefficient (Wildman–Crippen LogP) is 4.45.